The molecule has 0 radical (unpaired) electrons. The van der Waals surface area contributed by atoms with Gasteiger partial charge in [0.15, 0.2) is 0 Å². The minimum Gasteiger partial charge on any atom is -0.362 e. The SMILES string of the molecule is COC(C)NC(=O)c1ccc(Cn2[nH]c(=O)c3[nH]c4cc(Cl)ccc4c(=O)c3c2=O)cc1. The standard InChI is InChI=1S/C22H19ClN4O5/c1-11(32-2)24-20(29)13-5-3-12(4-6-13)10-27-22(31)17-18(21(30)26-27)25-16-9-14(23)7-8-15(16)19(17)28/h3-9,11H,10H2,1-2H3,(H,24,29)(H,25,28)(H,26,30). The van der Waals surface area contributed by atoms with Gasteiger partial charge in [-0.15, -0.1) is 0 Å². The molecule has 0 aliphatic rings. The van der Waals surface area contributed by atoms with Crippen LogP contribution in [-0.4, -0.2) is 34.0 Å². The van der Waals surface area contributed by atoms with Gasteiger partial charge < -0.3 is 15.0 Å². The van der Waals surface area contributed by atoms with Crippen molar-refractivity contribution in [2.75, 3.05) is 7.11 Å². The molecule has 4 rings (SSSR count). The lowest BCUT2D eigenvalue weighted by Gasteiger charge is -2.12. The van der Waals surface area contributed by atoms with Crippen LogP contribution in [0.2, 0.25) is 5.02 Å². The van der Waals surface area contributed by atoms with E-state index >= 15 is 0 Å². The Morgan fingerprint density at radius 2 is 1.88 bits per heavy atom. The third kappa shape index (κ3) is 3.95. The maximum atomic E-state index is 13.0. The van der Waals surface area contributed by atoms with Crippen LogP contribution in [0.25, 0.3) is 21.8 Å². The lowest BCUT2D eigenvalue weighted by Crippen LogP contribution is -2.34. The second kappa shape index (κ2) is 8.45. The Bertz CT molecular complexity index is 1520. The summed E-state index contributed by atoms with van der Waals surface area (Å²) in [6, 6.07) is 11.1. The van der Waals surface area contributed by atoms with Crippen LogP contribution < -0.4 is 21.9 Å². The topological polar surface area (TPSA) is 126 Å². The summed E-state index contributed by atoms with van der Waals surface area (Å²) in [5, 5.41) is 5.59. The summed E-state index contributed by atoms with van der Waals surface area (Å²) < 4.78 is 6.08. The predicted octanol–water partition coefficient (Wildman–Crippen LogP) is 1.96. The van der Waals surface area contributed by atoms with E-state index < -0.39 is 22.8 Å². The molecule has 1 atom stereocenters. The Morgan fingerprint density at radius 1 is 1.16 bits per heavy atom. The van der Waals surface area contributed by atoms with E-state index in [4.69, 9.17) is 16.3 Å². The predicted molar refractivity (Wildman–Crippen MR) is 121 cm³/mol. The fourth-order valence-electron chi connectivity index (χ4n) is 3.38. The van der Waals surface area contributed by atoms with Crippen LogP contribution in [0.3, 0.4) is 0 Å². The van der Waals surface area contributed by atoms with Crippen molar-refractivity contribution in [3.8, 4) is 0 Å². The summed E-state index contributed by atoms with van der Waals surface area (Å²) in [4.78, 5) is 53.5. The number of benzene rings is 2. The highest BCUT2D eigenvalue weighted by atomic mass is 35.5. The quantitative estimate of drug-likeness (QED) is 0.314. The van der Waals surface area contributed by atoms with Crippen molar-refractivity contribution in [3.63, 3.8) is 0 Å². The Labute approximate surface area is 185 Å². The summed E-state index contributed by atoms with van der Waals surface area (Å²) >= 11 is 5.97. The molecule has 10 heteroatoms. The smallest absolute Gasteiger partial charge is 0.287 e. The van der Waals surface area contributed by atoms with Crippen LogP contribution in [0.5, 0.6) is 0 Å². The highest BCUT2D eigenvalue weighted by Crippen LogP contribution is 2.16. The van der Waals surface area contributed by atoms with Gasteiger partial charge in [-0.1, -0.05) is 23.7 Å². The number of aromatic nitrogens is 3. The molecule has 4 aromatic rings. The van der Waals surface area contributed by atoms with Gasteiger partial charge >= 0.3 is 0 Å². The van der Waals surface area contributed by atoms with Gasteiger partial charge in [0, 0.05) is 23.1 Å². The number of carbonyl (C=O) groups excluding carboxylic acids is 1. The van der Waals surface area contributed by atoms with Gasteiger partial charge in [0.1, 0.15) is 17.1 Å². The number of hydrogen-bond acceptors (Lipinski definition) is 5. The number of ether oxygens (including phenoxy) is 1. The van der Waals surface area contributed by atoms with E-state index in [1.165, 1.54) is 19.2 Å². The first kappa shape index (κ1) is 21.5. The van der Waals surface area contributed by atoms with Crippen molar-refractivity contribution < 1.29 is 9.53 Å². The van der Waals surface area contributed by atoms with Crippen molar-refractivity contribution in [1.82, 2.24) is 20.1 Å². The van der Waals surface area contributed by atoms with Crippen molar-refractivity contribution >= 4 is 39.3 Å². The van der Waals surface area contributed by atoms with Gasteiger partial charge in [0.05, 0.1) is 12.1 Å². The molecule has 0 aliphatic carbocycles. The summed E-state index contributed by atoms with van der Waals surface area (Å²) in [5.74, 6) is -0.305. The van der Waals surface area contributed by atoms with Crippen LogP contribution >= 0.6 is 11.6 Å². The minimum atomic E-state index is -0.631. The number of fused-ring (bicyclic) bond motifs is 2. The monoisotopic (exact) mass is 454 g/mol. The average Bonchev–Trinajstić information content (AvgIpc) is 2.77. The van der Waals surface area contributed by atoms with Gasteiger partial charge in [-0.3, -0.25) is 24.3 Å². The van der Waals surface area contributed by atoms with E-state index in [9.17, 15) is 19.2 Å². The number of H-pyrrole nitrogens is 2. The van der Waals surface area contributed by atoms with E-state index in [1.54, 1.807) is 37.3 Å². The molecule has 164 valence electrons. The van der Waals surface area contributed by atoms with E-state index in [0.29, 0.717) is 21.7 Å². The van der Waals surface area contributed by atoms with E-state index in [-0.39, 0.29) is 28.7 Å². The highest BCUT2D eigenvalue weighted by molar-refractivity contribution is 6.31. The molecular formula is C22H19ClN4O5. The van der Waals surface area contributed by atoms with Gasteiger partial charge in [-0.25, -0.2) is 4.68 Å². The summed E-state index contributed by atoms with van der Waals surface area (Å²) in [7, 11) is 1.49. The lowest BCUT2D eigenvalue weighted by atomic mass is 10.1. The lowest BCUT2D eigenvalue weighted by molar-refractivity contribution is 0.0658. The zero-order chi connectivity index (χ0) is 23.0. The average molecular weight is 455 g/mol. The Balaban J connectivity index is 1.73. The summed E-state index contributed by atoms with van der Waals surface area (Å²) in [6.07, 6.45) is -0.436. The van der Waals surface area contributed by atoms with Crippen molar-refractivity contribution in [2.45, 2.75) is 19.7 Å². The van der Waals surface area contributed by atoms with Crippen LogP contribution in [0.4, 0.5) is 0 Å². The van der Waals surface area contributed by atoms with Crippen molar-refractivity contribution in [3.05, 3.63) is 89.5 Å². The summed E-state index contributed by atoms with van der Waals surface area (Å²) in [5.41, 5.74) is -0.452. The number of hydrogen-bond donors (Lipinski definition) is 3. The Kier molecular flexibility index (Phi) is 5.68. The number of nitrogens with zero attached hydrogens (tertiary/aromatic N) is 1. The fraction of sp³-hybridized carbons (Fsp3) is 0.182. The Hall–Kier alpha value is -3.69. The highest BCUT2D eigenvalue weighted by Gasteiger charge is 2.15. The van der Waals surface area contributed by atoms with Crippen LogP contribution in [-0.2, 0) is 11.3 Å². The third-order valence-electron chi connectivity index (χ3n) is 5.13. The molecule has 1 amide bonds. The molecule has 1 unspecified atom stereocenters. The number of methoxy groups -OCH3 is 1. The van der Waals surface area contributed by atoms with Crippen molar-refractivity contribution in [2.24, 2.45) is 0 Å². The maximum absolute atomic E-state index is 13.0. The molecule has 0 saturated carbocycles. The summed E-state index contributed by atoms with van der Waals surface area (Å²) in [6.45, 7) is 1.72. The van der Waals surface area contributed by atoms with E-state index in [1.807, 2.05) is 0 Å². The minimum absolute atomic E-state index is 0.0124. The first-order valence-electron chi connectivity index (χ1n) is 9.69. The molecule has 2 aromatic heterocycles. The molecule has 3 N–H and O–H groups in total. The molecule has 9 nitrogen and oxygen atoms in total. The molecule has 2 heterocycles. The number of nitrogens with one attached hydrogen (secondary N) is 3. The molecule has 0 fully saturated rings. The second-order valence-corrected chi connectivity index (χ2v) is 7.71. The molecular weight excluding hydrogens is 436 g/mol. The van der Waals surface area contributed by atoms with Crippen molar-refractivity contribution in [1.29, 1.82) is 0 Å². The first-order valence-corrected chi connectivity index (χ1v) is 10.1. The van der Waals surface area contributed by atoms with Crippen LogP contribution in [0, 0.1) is 0 Å². The van der Waals surface area contributed by atoms with E-state index in [0.717, 1.165) is 4.68 Å². The third-order valence-corrected chi connectivity index (χ3v) is 5.37. The zero-order valence-electron chi connectivity index (χ0n) is 17.2. The number of carbonyl (C=O) groups is 1. The van der Waals surface area contributed by atoms with Crippen LogP contribution in [0.1, 0.15) is 22.8 Å². The number of aromatic amines is 2. The van der Waals surface area contributed by atoms with Crippen LogP contribution in [0.15, 0.2) is 56.8 Å². The molecule has 0 bridgehead atoms. The number of pyridine rings is 1. The molecule has 0 saturated heterocycles. The maximum Gasteiger partial charge on any atom is 0.287 e. The molecule has 0 aliphatic heterocycles. The van der Waals surface area contributed by atoms with Gasteiger partial charge in [-0.2, -0.15) is 0 Å². The number of amides is 1. The van der Waals surface area contributed by atoms with Gasteiger partial charge in [-0.05, 0) is 42.8 Å². The molecule has 2 aromatic carbocycles. The number of halogens is 1. The molecule has 32 heavy (non-hydrogen) atoms. The fourth-order valence-corrected chi connectivity index (χ4v) is 3.56. The largest absolute Gasteiger partial charge is 0.362 e. The molecule has 0 spiro atoms. The van der Waals surface area contributed by atoms with Gasteiger partial charge in [0.25, 0.3) is 17.0 Å². The van der Waals surface area contributed by atoms with Gasteiger partial charge in [0.2, 0.25) is 5.43 Å². The first-order chi connectivity index (χ1) is 15.3. The van der Waals surface area contributed by atoms with E-state index in [2.05, 4.69) is 15.4 Å². The second-order valence-electron chi connectivity index (χ2n) is 7.27. The normalized spacial score (nSPS) is 12.2. The number of rotatable bonds is 5. The Morgan fingerprint density at radius 3 is 2.56 bits per heavy atom. The zero-order valence-corrected chi connectivity index (χ0v) is 17.9.